The number of benzene rings is 1. The van der Waals surface area contributed by atoms with Crippen molar-refractivity contribution in [2.45, 2.75) is 50.6 Å². The lowest BCUT2D eigenvalue weighted by Gasteiger charge is -2.40. The Labute approximate surface area is 143 Å². The zero-order valence-electron chi connectivity index (χ0n) is 14.8. The number of carbonyl (C=O) groups excluding carboxylic acids is 1. The smallest absolute Gasteiger partial charge is 0.237 e. The Morgan fingerprint density at radius 1 is 1.25 bits per heavy atom. The van der Waals surface area contributed by atoms with Crippen LogP contribution in [0.3, 0.4) is 0 Å². The van der Waals surface area contributed by atoms with Crippen molar-refractivity contribution in [1.29, 1.82) is 5.26 Å². The number of amides is 1. The molecule has 0 saturated heterocycles. The van der Waals surface area contributed by atoms with E-state index in [2.05, 4.69) is 6.07 Å². The van der Waals surface area contributed by atoms with Crippen LogP contribution in [0, 0.1) is 17.1 Å². The van der Waals surface area contributed by atoms with Gasteiger partial charge in [-0.3, -0.25) is 9.69 Å². The maximum Gasteiger partial charge on any atom is 0.237 e. The molecular weight excluding hydrogens is 305 g/mol. The monoisotopic (exact) mass is 331 g/mol. The number of hydrogen-bond donors (Lipinski definition) is 0. The highest BCUT2D eigenvalue weighted by Crippen LogP contribution is 2.32. The Bertz CT molecular complexity index is 602. The lowest BCUT2D eigenvalue weighted by atomic mass is 9.81. The van der Waals surface area contributed by atoms with E-state index in [0.717, 1.165) is 37.7 Å². The highest BCUT2D eigenvalue weighted by molar-refractivity contribution is 5.79. The molecule has 0 heterocycles. The molecule has 1 saturated carbocycles. The Balaban J connectivity index is 2.02. The first-order valence-electron chi connectivity index (χ1n) is 8.53. The third-order valence-corrected chi connectivity index (χ3v) is 5.30. The third-order valence-electron chi connectivity index (χ3n) is 5.30. The molecule has 0 aromatic heterocycles. The fourth-order valence-corrected chi connectivity index (χ4v) is 3.35. The van der Waals surface area contributed by atoms with Crippen molar-refractivity contribution in [2.24, 2.45) is 0 Å². The molecule has 0 spiro atoms. The van der Waals surface area contributed by atoms with Crippen molar-refractivity contribution in [3.63, 3.8) is 0 Å². The Hall–Kier alpha value is -1.93. The van der Waals surface area contributed by atoms with Crippen molar-refractivity contribution in [3.8, 4) is 6.07 Å². The summed E-state index contributed by atoms with van der Waals surface area (Å²) in [5.41, 5.74) is 0.303. The summed E-state index contributed by atoms with van der Waals surface area (Å²) >= 11 is 0. The van der Waals surface area contributed by atoms with E-state index in [1.54, 1.807) is 24.1 Å². The van der Waals surface area contributed by atoms with Crippen molar-refractivity contribution in [3.05, 3.63) is 35.6 Å². The van der Waals surface area contributed by atoms with Gasteiger partial charge < -0.3 is 4.90 Å². The maximum absolute atomic E-state index is 13.0. The van der Waals surface area contributed by atoms with Gasteiger partial charge in [0.2, 0.25) is 5.91 Å². The van der Waals surface area contributed by atoms with Crippen molar-refractivity contribution < 1.29 is 9.18 Å². The number of hydrogen-bond acceptors (Lipinski definition) is 3. The Kier molecular flexibility index (Phi) is 5.95. The van der Waals surface area contributed by atoms with E-state index in [9.17, 15) is 14.4 Å². The van der Waals surface area contributed by atoms with E-state index in [0.29, 0.717) is 0 Å². The number of nitriles is 1. The molecule has 5 heteroatoms. The number of rotatable bonds is 5. The van der Waals surface area contributed by atoms with Gasteiger partial charge in [-0.15, -0.1) is 0 Å². The summed E-state index contributed by atoms with van der Waals surface area (Å²) in [5, 5.41) is 9.62. The topological polar surface area (TPSA) is 47.3 Å². The quantitative estimate of drug-likeness (QED) is 0.829. The number of nitrogens with zero attached hydrogens (tertiary/aromatic N) is 3. The van der Waals surface area contributed by atoms with Crippen LogP contribution in [0.25, 0.3) is 0 Å². The van der Waals surface area contributed by atoms with Crippen molar-refractivity contribution in [2.75, 3.05) is 20.6 Å². The van der Waals surface area contributed by atoms with E-state index in [1.165, 1.54) is 12.1 Å². The second-order valence-corrected chi connectivity index (χ2v) is 6.80. The minimum absolute atomic E-state index is 0.00709. The van der Waals surface area contributed by atoms with Crippen LogP contribution in [-0.4, -0.2) is 41.9 Å². The number of halogens is 1. The summed E-state index contributed by atoms with van der Waals surface area (Å²) in [6.07, 6.45) is 4.62. The summed E-state index contributed by atoms with van der Waals surface area (Å²) in [4.78, 5) is 16.2. The minimum Gasteiger partial charge on any atom is -0.326 e. The van der Waals surface area contributed by atoms with Gasteiger partial charge in [0.05, 0.1) is 12.6 Å². The van der Waals surface area contributed by atoms with E-state index < -0.39 is 5.54 Å². The Morgan fingerprint density at radius 2 is 1.83 bits per heavy atom. The maximum atomic E-state index is 13.0. The van der Waals surface area contributed by atoms with Crippen LogP contribution in [0.1, 0.15) is 50.6 Å². The fourth-order valence-electron chi connectivity index (χ4n) is 3.35. The lowest BCUT2D eigenvalue weighted by molar-refractivity contribution is -0.136. The predicted octanol–water partition coefficient (Wildman–Crippen LogP) is 3.50. The van der Waals surface area contributed by atoms with E-state index in [4.69, 9.17) is 0 Å². The van der Waals surface area contributed by atoms with Gasteiger partial charge in [0.15, 0.2) is 0 Å². The molecule has 0 bridgehead atoms. The molecular formula is C19H26FN3O. The molecule has 24 heavy (non-hydrogen) atoms. The van der Waals surface area contributed by atoms with E-state index >= 15 is 0 Å². The highest BCUT2D eigenvalue weighted by Gasteiger charge is 2.39. The number of carbonyl (C=O) groups is 1. The average molecular weight is 331 g/mol. The molecule has 130 valence electrons. The molecule has 1 aromatic rings. The molecule has 1 aliphatic rings. The largest absolute Gasteiger partial charge is 0.326 e. The highest BCUT2D eigenvalue weighted by atomic mass is 19.1. The van der Waals surface area contributed by atoms with E-state index in [1.807, 2.05) is 18.9 Å². The van der Waals surface area contributed by atoms with Crippen LogP contribution in [0.4, 0.5) is 4.39 Å². The summed E-state index contributed by atoms with van der Waals surface area (Å²) in [6.45, 7) is 2.22. The lowest BCUT2D eigenvalue weighted by Crippen LogP contribution is -2.52. The molecule has 1 amide bonds. The van der Waals surface area contributed by atoms with Gasteiger partial charge in [0, 0.05) is 13.1 Å². The summed E-state index contributed by atoms with van der Waals surface area (Å²) < 4.78 is 13.0. The SMILES string of the molecule is CC(c1ccc(F)cc1)N(C)CC(=O)N(C)C1(C#N)CCCCC1. The first-order valence-corrected chi connectivity index (χ1v) is 8.53. The van der Waals surface area contributed by atoms with Crippen LogP contribution >= 0.6 is 0 Å². The minimum atomic E-state index is -0.657. The van der Waals surface area contributed by atoms with Crippen LogP contribution in [0.15, 0.2) is 24.3 Å². The molecule has 0 aliphatic heterocycles. The summed E-state index contributed by atoms with van der Waals surface area (Å²) in [5.74, 6) is -0.312. The molecule has 1 fully saturated rings. The van der Waals surface area contributed by atoms with Crippen LogP contribution in [0.5, 0.6) is 0 Å². The molecule has 0 N–H and O–H groups in total. The summed E-state index contributed by atoms with van der Waals surface area (Å²) in [6, 6.07) is 8.72. The van der Waals surface area contributed by atoms with Crippen LogP contribution < -0.4 is 0 Å². The first kappa shape index (κ1) is 18.4. The molecule has 1 aromatic carbocycles. The first-order chi connectivity index (χ1) is 11.4. The van der Waals surface area contributed by atoms with Crippen LogP contribution in [0.2, 0.25) is 0 Å². The Morgan fingerprint density at radius 3 is 2.38 bits per heavy atom. The van der Waals surface area contributed by atoms with Crippen molar-refractivity contribution >= 4 is 5.91 Å². The van der Waals surface area contributed by atoms with Gasteiger partial charge in [-0.2, -0.15) is 5.26 Å². The molecule has 1 atom stereocenters. The number of likely N-dealkylation sites (N-methyl/N-ethyl adjacent to an activating group) is 2. The molecule has 0 radical (unpaired) electrons. The standard InChI is InChI=1S/C19H26FN3O/c1-15(16-7-9-17(20)10-8-16)22(2)13-18(24)23(3)19(14-21)11-5-4-6-12-19/h7-10,15H,4-6,11-13H2,1-3H3. The van der Waals surface area contributed by atoms with Gasteiger partial charge in [-0.05, 0) is 44.5 Å². The molecule has 2 rings (SSSR count). The van der Waals surface area contributed by atoms with Gasteiger partial charge in [-0.25, -0.2) is 4.39 Å². The molecule has 1 aliphatic carbocycles. The second kappa shape index (κ2) is 7.76. The normalized spacial score (nSPS) is 18.0. The fraction of sp³-hybridized carbons (Fsp3) is 0.579. The molecule has 1 unspecified atom stereocenters. The van der Waals surface area contributed by atoms with Gasteiger partial charge in [-0.1, -0.05) is 31.4 Å². The van der Waals surface area contributed by atoms with E-state index in [-0.39, 0.29) is 24.3 Å². The second-order valence-electron chi connectivity index (χ2n) is 6.80. The third kappa shape index (κ3) is 3.93. The zero-order chi connectivity index (χ0) is 17.7. The summed E-state index contributed by atoms with van der Waals surface area (Å²) in [7, 11) is 3.62. The predicted molar refractivity (Wildman–Crippen MR) is 91.6 cm³/mol. The van der Waals surface area contributed by atoms with Gasteiger partial charge in [0.1, 0.15) is 11.4 Å². The molecule has 4 nitrogen and oxygen atoms in total. The van der Waals surface area contributed by atoms with Crippen LogP contribution in [-0.2, 0) is 4.79 Å². The van der Waals surface area contributed by atoms with Gasteiger partial charge in [0.25, 0.3) is 0 Å². The van der Waals surface area contributed by atoms with Crippen molar-refractivity contribution in [1.82, 2.24) is 9.80 Å². The zero-order valence-corrected chi connectivity index (χ0v) is 14.8. The van der Waals surface area contributed by atoms with Gasteiger partial charge >= 0.3 is 0 Å². The average Bonchev–Trinajstić information content (AvgIpc) is 2.61.